The number of benzene rings is 2. The third kappa shape index (κ3) is 4.18. The van der Waals surface area contributed by atoms with Gasteiger partial charge in [-0.25, -0.2) is 4.68 Å². The first-order chi connectivity index (χ1) is 16.4. The molecule has 1 atom stereocenters. The van der Waals surface area contributed by atoms with Crippen molar-refractivity contribution in [2.45, 2.75) is 43.6 Å². The minimum Gasteiger partial charge on any atom is -0.493 e. The van der Waals surface area contributed by atoms with Crippen LogP contribution in [-0.2, 0) is 10.5 Å². The van der Waals surface area contributed by atoms with E-state index in [1.807, 2.05) is 41.1 Å². The van der Waals surface area contributed by atoms with Gasteiger partial charge in [-0.2, -0.15) is 4.98 Å². The number of ether oxygens (including phenoxy) is 2. The van der Waals surface area contributed by atoms with Crippen LogP contribution in [0.15, 0.2) is 65.0 Å². The maximum atomic E-state index is 13.4. The van der Waals surface area contributed by atoms with Gasteiger partial charge in [-0.15, -0.1) is 5.10 Å². The number of allylic oxidation sites excluding steroid dienone is 2. The van der Waals surface area contributed by atoms with Crippen LogP contribution < -0.4 is 14.8 Å². The number of aromatic nitrogens is 3. The summed E-state index contributed by atoms with van der Waals surface area (Å²) in [5.41, 5.74) is 3.69. The van der Waals surface area contributed by atoms with E-state index >= 15 is 0 Å². The van der Waals surface area contributed by atoms with Crippen molar-refractivity contribution in [1.29, 1.82) is 0 Å². The second-order valence-corrected chi connectivity index (χ2v) is 10.4. The zero-order valence-electron chi connectivity index (χ0n) is 19.8. The molecule has 0 fully saturated rings. The Balaban J connectivity index is 1.57. The molecule has 0 saturated heterocycles. The third-order valence-electron chi connectivity index (χ3n) is 6.25. The van der Waals surface area contributed by atoms with Gasteiger partial charge in [-0.05, 0) is 35.1 Å². The Hall–Kier alpha value is -3.26. The second-order valence-electron chi connectivity index (χ2n) is 9.41. The molecule has 1 aliphatic heterocycles. The molecule has 8 heteroatoms. The molecule has 2 aliphatic rings. The fraction of sp³-hybridized carbons (Fsp3) is 0.346. The molecule has 0 bridgehead atoms. The van der Waals surface area contributed by atoms with E-state index in [9.17, 15) is 4.79 Å². The summed E-state index contributed by atoms with van der Waals surface area (Å²) < 4.78 is 12.8. The highest BCUT2D eigenvalue weighted by Crippen LogP contribution is 2.46. The van der Waals surface area contributed by atoms with Crippen LogP contribution in [-0.4, -0.2) is 34.8 Å². The molecule has 1 aromatic heterocycles. The van der Waals surface area contributed by atoms with Gasteiger partial charge < -0.3 is 14.8 Å². The summed E-state index contributed by atoms with van der Waals surface area (Å²) in [4.78, 5) is 18.2. The number of anilines is 1. The Morgan fingerprint density at radius 3 is 2.59 bits per heavy atom. The Bertz CT molecular complexity index is 1270. The van der Waals surface area contributed by atoms with Crippen molar-refractivity contribution in [3.63, 3.8) is 0 Å². The molecule has 5 rings (SSSR count). The largest absolute Gasteiger partial charge is 0.493 e. The Morgan fingerprint density at radius 2 is 1.85 bits per heavy atom. The summed E-state index contributed by atoms with van der Waals surface area (Å²) in [6.45, 7) is 4.25. The number of hydrogen-bond donors (Lipinski definition) is 1. The van der Waals surface area contributed by atoms with Crippen LogP contribution >= 0.6 is 11.8 Å². The van der Waals surface area contributed by atoms with Crippen LogP contribution in [0.25, 0.3) is 0 Å². The molecule has 2 heterocycles. The van der Waals surface area contributed by atoms with Crippen LogP contribution in [0.1, 0.15) is 43.9 Å². The highest BCUT2D eigenvalue weighted by molar-refractivity contribution is 7.98. The van der Waals surface area contributed by atoms with Crippen LogP contribution in [0, 0.1) is 5.41 Å². The topological polar surface area (TPSA) is 78.3 Å². The molecule has 0 saturated carbocycles. The lowest BCUT2D eigenvalue weighted by Crippen LogP contribution is -2.36. The number of nitrogens with one attached hydrogen (secondary N) is 1. The fourth-order valence-corrected chi connectivity index (χ4v) is 5.49. The fourth-order valence-electron chi connectivity index (χ4n) is 4.70. The zero-order valence-corrected chi connectivity index (χ0v) is 20.6. The Kier molecular flexibility index (Phi) is 5.85. The average molecular weight is 477 g/mol. The molecule has 0 unspecified atom stereocenters. The lowest BCUT2D eigenvalue weighted by Gasteiger charge is -2.38. The van der Waals surface area contributed by atoms with Crippen LogP contribution in [0.5, 0.6) is 11.5 Å². The molecule has 2 aromatic carbocycles. The number of rotatable bonds is 6. The minimum atomic E-state index is -0.381. The Morgan fingerprint density at radius 1 is 1.09 bits per heavy atom. The van der Waals surface area contributed by atoms with Crippen molar-refractivity contribution in [3.05, 3.63) is 70.9 Å². The van der Waals surface area contributed by atoms with E-state index in [2.05, 4.69) is 31.3 Å². The van der Waals surface area contributed by atoms with Crippen LogP contribution in [0.4, 0.5) is 5.95 Å². The Labute approximate surface area is 203 Å². The molecule has 1 N–H and O–H groups in total. The SMILES string of the molecule is COc1ccc([C@H]2C3=C(CC(C)(C)CC3=O)Nc3nc(SCc4ccccc4)nn32)cc1OC. The van der Waals surface area contributed by atoms with Crippen LogP contribution in [0.2, 0.25) is 0 Å². The first-order valence-electron chi connectivity index (χ1n) is 11.3. The normalized spacial score (nSPS) is 18.7. The van der Waals surface area contributed by atoms with Crippen molar-refractivity contribution in [1.82, 2.24) is 14.8 Å². The van der Waals surface area contributed by atoms with Crippen molar-refractivity contribution < 1.29 is 14.3 Å². The van der Waals surface area contributed by atoms with E-state index in [4.69, 9.17) is 19.6 Å². The molecular formula is C26H28N4O3S. The summed E-state index contributed by atoms with van der Waals surface area (Å²) in [7, 11) is 3.23. The summed E-state index contributed by atoms with van der Waals surface area (Å²) >= 11 is 1.58. The maximum Gasteiger partial charge on any atom is 0.227 e. The lowest BCUT2D eigenvalue weighted by molar-refractivity contribution is -0.118. The van der Waals surface area contributed by atoms with Crippen molar-refractivity contribution >= 4 is 23.5 Å². The highest BCUT2D eigenvalue weighted by Gasteiger charge is 2.42. The van der Waals surface area contributed by atoms with Crippen molar-refractivity contribution in [2.24, 2.45) is 5.41 Å². The molecule has 0 radical (unpaired) electrons. The van der Waals surface area contributed by atoms with Gasteiger partial charge in [0.05, 0.1) is 14.2 Å². The number of carbonyl (C=O) groups is 1. The van der Waals surface area contributed by atoms with E-state index < -0.39 is 0 Å². The van der Waals surface area contributed by atoms with Crippen molar-refractivity contribution in [3.8, 4) is 11.5 Å². The summed E-state index contributed by atoms with van der Waals surface area (Å²) in [5.74, 6) is 2.82. The number of hydrogen-bond acceptors (Lipinski definition) is 7. The van der Waals surface area contributed by atoms with E-state index in [-0.39, 0.29) is 17.2 Å². The van der Waals surface area contributed by atoms with Gasteiger partial charge in [0, 0.05) is 23.4 Å². The molecule has 3 aromatic rings. The number of nitrogens with zero attached hydrogens (tertiary/aromatic N) is 3. The predicted molar refractivity (Wildman–Crippen MR) is 132 cm³/mol. The van der Waals surface area contributed by atoms with E-state index in [0.29, 0.717) is 29.0 Å². The number of thioether (sulfide) groups is 1. The predicted octanol–water partition coefficient (Wildman–Crippen LogP) is 5.25. The summed E-state index contributed by atoms with van der Waals surface area (Å²) in [6.07, 6.45) is 1.27. The maximum absolute atomic E-state index is 13.4. The summed E-state index contributed by atoms with van der Waals surface area (Å²) in [6, 6.07) is 15.6. The van der Waals surface area contributed by atoms with E-state index in [0.717, 1.165) is 29.0 Å². The first-order valence-corrected chi connectivity index (χ1v) is 12.3. The molecule has 1 aliphatic carbocycles. The quantitative estimate of drug-likeness (QED) is 0.487. The number of fused-ring (bicyclic) bond motifs is 1. The van der Waals surface area contributed by atoms with Crippen LogP contribution in [0.3, 0.4) is 0 Å². The molecule has 34 heavy (non-hydrogen) atoms. The standard InChI is InChI=1S/C26H28N4O3S/c1-26(2)13-18-22(19(31)14-26)23(17-10-11-20(32-3)21(12-17)33-4)30-24(27-18)28-25(29-30)34-15-16-8-6-5-7-9-16/h5-12,23H,13-15H2,1-4H3,(H,27,28,29)/t23-/m0/s1. The number of Topliss-reactive ketones (excluding diaryl/α,β-unsaturated/α-hetero) is 1. The zero-order chi connectivity index (χ0) is 23.9. The van der Waals surface area contributed by atoms with Gasteiger partial charge in [-0.3, -0.25) is 4.79 Å². The smallest absolute Gasteiger partial charge is 0.227 e. The van der Waals surface area contributed by atoms with Gasteiger partial charge in [0.15, 0.2) is 17.3 Å². The van der Waals surface area contributed by atoms with Gasteiger partial charge >= 0.3 is 0 Å². The minimum absolute atomic E-state index is 0.113. The van der Waals surface area contributed by atoms with Gasteiger partial charge in [0.2, 0.25) is 11.1 Å². The first kappa shape index (κ1) is 22.5. The third-order valence-corrected chi connectivity index (χ3v) is 7.16. The summed E-state index contributed by atoms with van der Waals surface area (Å²) in [5, 5.41) is 8.93. The van der Waals surface area contributed by atoms with Gasteiger partial charge in [0.1, 0.15) is 6.04 Å². The molecule has 176 valence electrons. The van der Waals surface area contributed by atoms with E-state index in [1.54, 1.807) is 26.0 Å². The van der Waals surface area contributed by atoms with E-state index in [1.165, 1.54) is 5.56 Å². The number of carbonyl (C=O) groups excluding carboxylic acids is 1. The van der Waals surface area contributed by atoms with Crippen molar-refractivity contribution in [2.75, 3.05) is 19.5 Å². The lowest BCUT2D eigenvalue weighted by atomic mass is 9.73. The molecule has 7 nitrogen and oxygen atoms in total. The highest BCUT2D eigenvalue weighted by atomic mass is 32.2. The number of methoxy groups -OCH3 is 2. The monoisotopic (exact) mass is 476 g/mol. The van der Waals surface area contributed by atoms with Gasteiger partial charge in [-0.1, -0.05) is 62.0 Å². The molecular weight excluding hydrogens is 448 g/mol. The average Bonchev–Trinajstić information content (AvgIpc) is 3.23. The molecule has 0 spiro atoms. The van der Waals surface area contributed by atoms with Gasteiger partial charge in [0.25, 0.3) is 0 Å². The second kappa shape index (κ2) is 8.83. The molecule has 0 amide bonds. The number of ketones is 1.